The van der Waals surface area contributed by atoms with E-state index in [2.05, 4.69) is 58.9 Å². The van der Waals surface area contributed by atoms with Crippen LogP contribution < -0.4 is 21.3 Å². The standard InChI is InChI=1S/C12H28N6/c1-5-13-11(14-6-2)17-9-10-18-12(15-7-3)16-8-4/h5-10H2,1-4H3,(H2,13,14,17)(H2,15,16,18). The summed E-state index contributed by atoms with van der Waals surface area (Å²) in [5.41, 5.74) is 0. The Labute approximate surface area is 111 Å². The quantitative estimate of drug-likeness (QED) is 0.297. The van der Waals surface area contributed by atoms with Crippen molar-refractivity contribution in [3.63, 3.8) is 0 Å². The van der Waals surface area contributed by atoms with Crippen molar-refractivity contribution >= 4 is 11.9 Å². The van der Waals surface area contributed by atoms with Gasteiger partial charge < -0.3 is 21.3 Å². The second-order valence-electron chi connectivity index (χ2n) is 3.58. The summed E-state index contributed by atoms with van der Waals surface area (Å²) in [5.74, 6) is 1.70. The van der Waals surface area contributed by atoms with Gasteiger partial charge in [-0.05, 0) is 27.7 Å². The van der Waals surface area contributed by atoms with Crippen molar-refractivity contribution < 1.29 is 0 Å². The van der Waals surface area contributed by atoms with Gasteiger partial charge in [0, 0.05) is 26.2 Å². The summed E-state index contributed by atoms with van der Waals surface area (Å²) in [4.78, 5) is 8.85. The second-order valence-corrected chi connectivity index (χ2v) is 3.58. The molecule has 0 aromatic carbocycles. The first-order chi connectivity index (χ1) is 8.78. The Bertz CT molecular complexity index is 207. The summed E-state index contributed by atoms with van der Waals surface area (Å²) in [6.07, 6.45) is 0. The molecule has 0 saturated carbocycles. The average molecular weight is 256 g/mol. The van der Waals surface area contributed by atoms with Crippen molar-refractivity contribution in [1.82, 2.24) is 21.3 Å². The molecule has 0 amide bonds. The van der Waals surface area contributed by atoms with Crippen molar-refractivity contribution in [1.29, 1.82) is 0 Å². The summed E-state index contributed by atoms with van der Waals surface area (Å²) >= 11 is 0. The fraction of sp³-hybridized carbons (Fsp3) is 0.833. The third kappa shape index (κ3) is 8.66. The number of aliphatic imine (C=N–C) groups is 2. The normalized spacial score (nSPS) is 9.33. The first-order valence-electron chi connectivity index (χ1n) is 6.82. The largest absolute Gasteiger partial charge is 0.357 e. The molecule has 18 heavy (non-hydrogen) atoms. The molecule has 6 heteroatoms. The molecule has 0 aromatic heterocycles. The lowest BCUT2D eigenvalue weighted by Crippen LogP contribution is -2.38. The van der Waals surface area contributed by atoms with E-state index < -0.39 is 0 Å². The van der Waals surface area contributed by atoms with Crippen molar-refractivity contribution in [2.45, 2.75) is 27.7 Å². The lowest BCUT2D eigenvalue weighted by molar-refractivity contribution is 0.818. The fourth-order valence-electron chi connectivity index (χ4n) is 1.34. The summed E-state index contributed by atoms with van der Waals surface area (Å²) in [7, 11) is 0. The number of nitrogens with one attached hydrogen (secondary N) is 4. The highest BCUT2D eigenvalue weighted by atomic mass is 15.2. The SMILES string of the molecule is CCNC(=NCCN=C(NCC)NCC)NCC. The number of guanidine groups is 2. The average Bonchev–Trinajstić information content (AvgIpc) is 2.35. The number of hydrogen-bond acceptors (Lipinski definition) is 2. The minimum atomic E-state index is 0.676. The van der Waals surface area contributed by atoms with Gasteiger partial charge >= 0.3 is 0 Å². The Morgan fingerprint density at radius 3 is 1.11 bits per heavy atom. The highest BCUT2D eigenvalue weighted by Crippen LogP contribution is 1.78. The van der Waals surface area contributed by atoms with Crippen LogP contribution in [-0.2, 0) is 0 Å². The van der Waals surface area contributed by atoms with Crippen LogP contribution in [0.15, 0.2) is 9.98 Å². The monoisotopic (exact) mass is 256 g/mol. The van der Waals surface area contributed by atoms with Gasteiger partial charge in [-0.25, -0.2) is 0 Å². The van der Waals surface area contributed by atoms with E-state index in [4.69, 9.17) is 0 Å². The van der Waals surface area contributed by atoms with Gasteiger partial charge in [0.1, 0.15) is 0 Å². The summed E-state index contributed by atoms with van der Waals surface area (Å²) in [6.45, 7) is 13.1. The molecule has 4 N–H and O–H groups in total. The van der Waals surface area contributed by atoms with Crippen LogP contribution in [0.5, 0.6) is 0 Å². The van der Waals surface area contributed by atoms with E-state index in [9.17, 15) is 0 Å². The molecule has 106 valence electrons. The molecule has 6 nitrogen and oxygen atoms in total. The van der Waals surface area contributed by atoms with Gasteiger partial charge in [-0.2, -0.15) is 0 Å². The zero-order chi connectivity index (χ0) is 13.6. The Balaban J connectivity index is 4.10. The third-order valence-electron chi connectivity index (χ3n) is 2.02. The first-order valence-corrected chi connectivity index (χ1v) is 6.82. The Hall–Kier alpha value is -1.46. The highest BCUT2D eigenvalue weighted by Gasteiger charge is 1.95. The topological polar surface area (TPSA) is 72.8 Å². The van der Waals surface area contributed by atoms with E-state index in [1.54, 1.807) is 0 Å². The molecule has 0 aliphatic carbocycles. The predicted molar refractivity (Wildman–Crippen MR) is 79.3 cm³/mol. The Kier molecular flexibility index (Phi) is 11.0. The molecule has 0 fully saturated rings. The highest BCUT2D eigenvalue weighted by molar-refractivity contribution is 5.80. The van der Waals surface area contributed by atoms with Crippen molar-refractivity contribution in [2.24, 2.45) is 9.98 Å². The maximum Gasteiger partial charge on any atom is 0.191 e. The van der Waals surface area contributed by atoms with E-state index in [0.29, 0.717) is 13.1 Å². The van der Waals surface area contributed by atoms with E-state index in [0.717, 1.165) is 38.1 Å². The van der Waals surface area contributed by atoms with Crippen LogP contribution in [0.3, 0.4) is 0 Å². The van der Waals surface area contributed by atoms with Crippen LogP contribution in [-0.4, -0.2) is 51.2 Å². The van der Waals surface area contributed by atoms with Gasteiger partial charge in [0.15, 0.2) is 11.9 Å². The third-order valence-corrected chi connectivity index (χ3v) is 2.02. The molecule has 0 aliphatic rings. The maximum atomic E-state index is 4.43. The van der Waals surface area contributed by atoms with Gasteiger partial charge in [0.25, 0.3) is 0 Å². The molecule has 0 aliphatic heterocycles. The van der Waals surface area contributed by atoms with Crippen molar-refractivity contribution in [3.05, 3.63) is 0 Å². The van der Waals surface area contributed by atoms with Crippen LogP contribution in [0.2, 0.25) is 0 Å². The molecule has 0 rings (SSSR count). The molecular weight excluding hydrogens is 228 g/mol. The lowest BCUT2D eigenvalue weighted by atomic mass is 10.6. The van der Waals surface area contributed by atoms with Crippen LogP contribution in [0.25, 0.3) is 0 Å². The van der Waals surface area contributed by atoms with E-state index >= 15 is 0 Å². The molecule has 0 atom stereocenters. The van der Waals surface area contributed by atoms with Crippen molar-refractivity contribution in [3.8, 4) is 0 Å². The van der Waals surface area contributed by atoms with Gasteiger partial charge in [-0.15, -0.1) is 0 Å². The molecule has 0 spiro atoms. The number of rotatable bonds is 7. The van der Waals surface area contributed by atoms with Crippen LogP contribution in [0.4, 0.5) is 0 Å². The molecule has 0 saturated heterocycles. The molecule has 0 heterocycles. The summed E-state index contributed by atoms with van der Waals surface area (Å²) in [5, 5.41) is 12.7. The minimum Gasteiger partial charge on any atom is -0.357 e. The lowest BCUT2D eigenvalue weighted by Gasteiger charge is -2.10. The maximum absolute atomic E-state index is 4.43. The zero-order valence-electron chi connectivity index (χ0n) is 12.1. The zero-order valence-corrected chi connectivity index (χ0v) is 12.1. The number of nitrogens with zero attached hydrogens (tertiary/aromatic N) is 2. The van der Waals surface area contributed by atoms with Crippen LogP contribution in [0.1, 0.15) is 27.7 Å². The molecular formula is C12H28N6. The molecule has 0 unspecified atom stereocenters. The Morgan fingerprint density at radius 1 is 0.611 bits per heavy atom. The number of hydrogen-bond donors (Lipinski definition) is 4. The van der Waals surface area contributed by atoms with E-state index in [-0.39, 0.29) is 0 Å². The molecule has 0 bridgehead atoms. The van der Waals surface area contributed by atoms with Crippen molar-refractivity contribution in [2.75, 3.05) is 39.3 Å². The van der Waals surface area contributed by atoms with Gasteiger partial charge in [0.05, 0.1) is 13.1 Å². The molecule has 0 radical (unpaired) electrons. The predicted octanol–water partition coefficient (Wildman–Crippen LogP) is 0.136. The second kappa shape index (κ2) is 12.0. The van der Waals surface area contributed by atoms with Crippen LogP contribution >= 0.6 is 0 Å². The molecule has 0 aromatic rings. The first kappa shape index (κ1) is 16.5. The van der Waals surface area contributed by atoms with E-state index in [1.807, 2.05) is 0 Å². The smallest absolute Gasteiger partial charge is 0.191 e. The van der Waals surface area contributed by atoms with Gasteiger partial charge in [-0.1, -0.05) is 0 Å². The van der Waals surface area contributed by atoms with E-state index in [1.165, 1.54) is 0 Å². The van der Waals surface area contributed by atoms with Gasteiger partial charge in [0.2, 0.25) is 0 Å². The Morgan fingerprint density at radius 2 is 0.889 bits per heavy atom. The van der Waals surface area contributed by atoms with Gasteiger partial charge in [-0.3, -0.25) is 9.98 Å². The summed E-state index contributed by atoms with van der Waals surface area (Å²) < 4.78 is 0. The minimum absolute atomic E-state index is 0.676. The van der Waals surface area contributed by atoms with Crippen LogP contribution in [0, 0.1) is 0 Å². The fourth-order valence-corrected chi connectivity index (χ4v) is 1.34. The summed E-state index contributed by atoms with van der Waals surface area (Å²) in [6, 6.07) is 0.